The summed E-state index contributed by atoms with van der Waals surface area (Å²) in [5.74, 6) is 0.534. The molecule has 172 valence electrons. The van der Waals surface area contributed by atoms with Crippen LogP contribution in [0.25, 0.3) is 0 Å². The molecule has 1 atom stereocenters. The average molecular weight is 446 g/mol. The van der Waals surface area contributed by atoms with Gasteiger partial charge in [-0.3, -0.25) is 0 Å². The number of fused-ring (bicyclic) bond motifs is 2. The first-order valence-electron chi connectivity index (χ1n) is 12.8. The molecular weight excluding hydrogens is 410 g/mol. The van der Waals surface area contributed by atoms with E-state index in [9.17, 15) is 0 Å². The molecule has 0 spiro atoms. The molecule has 1 heteroatoms. The van der Waals surface area contributed by atoms with E-state index < -0.39 is 0 Å². The van der Waals surface area contributed by atoms with Crippen molar-refractivity contribution in [1.82, 2.24) is 0 Å². The largest absolute Gasteiger partial charge is 0.380 e. The molecule has 0 unspecified atom stereocenters. The van der Waals surface area contributed by atoms with Crippen LogP contribution in [0.2, 0.25) is 0 Å². The van der Waals surface area contributed by atoms with Gasteiger partial charge in [-0.05, 0) is 83.4 Å². The van der Waals surface area contributed by atoms with Gasteiger partial charge >= 0.3 is 0 Å². The van der Waals surface area contributed by atoms with Crippen molar-refractivity contribution in [2.75, 3.05) is 5.32 Å². The molecule has 0 saturated heterocycles. The molecule has 1 N–H and O–H groups in total. The van der Waals surface area contributed by atoms with Crippen molar-refractivity contribution in [2.45, 2.75) is 57.9 Å². The first kappa shape index (κ1) is 22.5. The van der Waals surface area contributed by atoms with Crippen LogP contribution in [0.5, 0.6) is 0 Å². The molecule has 0 bridgehead atoms. The zero-order valence-corrected chi connectivity index (χ0v) is 20.3. The van der Waals surface area contributed by atoms with Crippen molar-refractivity contribution >= 4 is 5.69 Å². The second-order valence-corrected chi connectivity index (χ2v) is 9.55. The fourth-order valence-electron chi connectivity index (χ4n) is 5.56. The predicted octanol–water partition coefficient (Wildman–Crippen LogP) is 7.92. The first-order valence-corrected chi connectivity index (χ1v) is 12.8. The molecule has 5 rings (SSSR count). The Labute approximate surface area is 204 Å². The summed E-state index contributed by atoms with van der Waals surface area (Å²) in [5.41, 5.74) is 11.7. The van der Waals surface area contributed by atoms with E-state index >= 15 is 0 Å². The van der Waals surface area contributed by atoms with Gasteiger partial charge in [0.25, 0.3) is 0 Å². The van der Waals surface area contributed by atoms with Crippen molar-refractivity contribution in [3.8, 4) is 0 Å². The molecule has 4 aromatic rings. The Kier molecular flexibility index (Phi) is 7.10. The number of nitrogens with one attached hydrogen (secondary N) is 1. The van der Waals surface area contributed by atoms with Crippen molar-refractivity contribution < 1.29 is 0 Å². The van der Waals surface area contributed by atoms with Gasteiger partial charge in [-0.1, -0.05) is 104 Å². The van der Waals surface area contributed by atoms with Gasteiger partial charge in [-0.15, -0.1) is 0 Å². The van der Waals surface area contributed by atoms with Gasteiger partial charge in [-0.25, -0.2) is 0 Å². The SMILES string of the molecule is CCc1cccc2c1CNc1c(CCc3ccccc3)cccc1C[C@H]2CCc1ccccc1. The second-order valence-electron chi connectivity index (χ2n) is 9.55. The first-order chi connectivity index (χ1) is 16.8. The number of benzene rings is 4. The van der Waals surface area contributed by atoms with Crippen LogP contribution in [0, 0.1) is 0 Å². The molecule has 0 aromatic heterocycles. The van der Waals surface area contributed by atoms with Crippen molar-refractivity contribution in [1.29, 1.82) is 0 Å². The molecule has 1 heterocycles. The Morgan fingerprint density at radius 1 is 0.676 bits per heavy atom. The summed E-state index contributed by atoms with van der Waals surface area (Å²) in [6, 6.07) is 35.7. The summed E-state index contributed by atoms with van der Waals surface area (Å²) in [5, 5.41) is 3.90. The van der Waals surface area contributed by atoms with Gasteiger partial charge in [0.05, 0.1) is 0 Å². The van der Waals surface area contributed by atoms with Gasteiger partial charge < -0.3 is 5.32 Å². The average Bonchev–Trinajstić information content (AvgIpc) is 2.89. The molecular formula is C33H35N. The van der Waals surface area contributed by atoms with E-state index in [0.29, 0.717) is 5.92 Å². The number of hydrogen-bond acceptors (Lipinski definition) is 1. The minimum atomic E-state index is 0.534. The number of aryl methyl sites for hydroxylation is 4. The van der Waals surface area contributed by atoms with E-state index in [1.807, 2.05) is 0 Å². The summed E-state index contributed by atoms with van der Waals surface area (Å²) in [7, 11) is 0. The van der Waals surface area contributed by atoms with E-state index in [1.54, 1.807) is 5.56 Å². The van der Waals surface area contributed by atoms with Crippen molar-refractivity contribution in [3.05, 3.63) is 136 Å². The lowest BCUT2D eigenvalue weighted by atomic mass is 9.81. The van der Waals surface area contributed by atoms with Gasteiger partial charge in [0.15, 0.2) is 0 Å². The predicted molar refractivity (Wildman–Crippen MR) is 145 cm³/mol. The maximum absolute atomic E-state index is 3.90. The highest BCUT2D eigenvalue weighted by molar-refractivity contribution is 5.60. The van der Waals surface area contributed by atoms with E-state index in [2.05, 4.69) is 109 Å². The minimum Gasteiger partial charge on any atom is -0.380 e. The third kappa shape index (κ3) is 5.09. The van der Waals surface area contributed by atoms with E-state index in [1.165, 1.54) is 45.5 Å². The fourth-order valence-corrected chi connectivity index (χ4v) is 5.56. The summed E-state index contributed by atoms with van der Waals surface area (Å²) >= 11 is 0. The molecule has 0 saturated carbocycles. The van der Waals surface area contributed by atoms with Gasteiger partial charge in [0.1, 0.15) is 0 Å². The zero-order valence-electron chi connectivity index (χ0n) is 20.3. The van der Waals surface area contributed by atoms with E-state index in [0.717, 1.165) is 38.6 Å². The van der Waals surface area contributed by atoms with Crippen LogP contribution in [0.1, 0.15) is 58.2 Å². The molecule has 4 aromatic carbocycles. The third-order valence-electron chi connectivity index (χ3n) is 7.43. The van der Waals surface area contributed by atoms with Crippen LogP contribution in [0.3, 0.4) is 0 Å². The quantitative estimate of drug-likeness (QED) is 0.305. The lowest BCUT2D eigenvalue weighted by Crippen LogP contribution is -2.18. The molecule has 1 aliphatic rings. The highest BCUT2D eigenvalue weighted by Gasteiger charge is 2.23. The van der Waals surface area contributed by atoms with Gasteiger partial charge in [0, 0.05) is 12.2 Å². The van der Waals surface area contributed by atoms with Gasteiger partial charge in [0.2, 0.25) is 0 Å². The lowest BCUT2D eigenvalue weighted by molar-refractivity contribution is 0.611. The Hall–Kier alpha value is -3.32. The summed E-state index contributed by atoms with van der Waals surface area (Å²) in [6.07, 6.45) is 6.62. The van der Waals surface area contributed by atoms with Crippen molar-refractivity contribution in [2.24, 2.45) is 0 Å². The van der Waals surface area contributed by atoms with Crippen LogP contribution in [-0.2, 0) is 38.6 Å². The summed E-state index contributed by atoms with van der Waals surface area (Å²) < 4.78 is 0. The lowest BCUT2D eigenvalue weighted by Gasteiger charge is -2.29. The Bertz CT molecular complexity index is 1210. The Morgan fingerprint density at radius 3 is 2.09 bits per heavy atom. The maximum atomic E-state index is 3.90. The van der Waals surface area contributed by atoms with Crippen LogP contribution in [0.4, 0.5) is 5.69 Å². The second kappa shape index (κ2) is 10.7. The summed E-state index contributed by atoms with van der Waals surface area (Å²) in [6.45, 7) is 3.20. The Balaban J connectivity index is 1.46. The van der Waals surface area contributed by atoms with Crippen molar-refractivity contribution in [3.63, 3.8) is 0 Å². The third-order valence-corrected chi connectivity index (χ3v) is 7.43. The Morgan fingerprint density at radius 2 is 1.35 bits per heavy atom. The zero-order chi connectivity index (χ0) is 23.2. The topological polar surface area (TPSA) is 12.0 Å². The highest BCUT2D eigenvalue weighted by Crippen LogP contribution is 2.37. The standard InChI is InChI=1S/C33H35N/c1-2-27-15-10-18-31-29(22-20-26-13-7-4-8-14-26)23-30-17-9-16-28(33(30)34-24-32(27)31)21-19-25-11-5-3-6-12-25/h3-18,29,34H,2,19-24H2,1H3/t29-/m1/s1. The summed E-state index contributed by atoms with van der Waals surface area (Å²) in [4.78, 5) is 0. The van der Waals surface area contributed by atoms with E-state index in [4.69, 9.17) is 0 Å². The van der Waals surface area contributed by atoms with Gasteiger partial charge in [-0.2, -0.15) is 0 Å². The molecule has 1 nitrogen and oxygen atoms in total. The smallest absolute Gasteiger partial charge is 0.0408 e. The minimum absolute atomic E-state index is 0.534. The maximum Gasteiger partial charge on any atom is 0.0408 e. The number of para-hydroxylation sites is 1. The normalized spacial score (nSPS) is 14.9. The molecule has 0 radical (unpaired) electrons. The van der Waals surface area contributed by atoms with Crippen LogP contribution < -0.4 is 5.32 Å². The highest BCUT2D eigenvalue weighted by atomic mass is 14.9. The monoisotopic (exact) mass is 445 g/mol. The van der Waals surface area contributed by atoms with Crippen LogP contribution in [0.15, 0.2) is 97.1 Å². The fraction of sp³-hybridized carbons (Fsp3) is 0.273. The molecule has 1 aliphatic heterocycles. The number of anilines is 1. The number of hydrogen-bond donors (Lipinski definition) is 1. The number of rotatable bonds is 7. The molecule has 0 aliphatic carbocycles. The van der Waals surface area contributed by atoms with E-state index in [-0.39, 0.29) is 0 Å². The molecule has 0 amide bonds. The van der Waals surface area contributed by atoms with Crippen LogP contribution >= 0.6 is 0 Å². The molecule has 0 fully saturated rings. The van der Waals surface area contributed by atoms with Crippen LogP contribution in [-0.4, -0.2) is 0 Å². The molecule has 34 heavy (non-hydrogen) atoms.